The van der Waals surface area contributed by atoms with E-state index in [4.69, 9.17) is 4.74 Å². The van der Waals surface area contributed by atoms with Crippen molar-refractivity contribution >= 4 is 35.2 Å². The minimum Gasteiger partial charge on any atom is -0.465 e. The SMILES string of the molecule is Cc1cccc(C)c1N1CC=C[C@]23S[C@@]4(C)C=CCCOC(=O)[C@H]4[C@H]2C(=O)N(CCCCCO)C3C1=O. The highest BCUT2D eigenvalue weighted by Crippen LogP contribution is 2.65. The Hall–Kier alpha value is -2.58. The zero-order valence-corrected chi connectivity index (χ0v) is 22.6. The second-order valence-electron chi connectivity index (χ2n) is 10.8. The Morgan fingerprint density at radius 3 is 2.51 bits per heavy atom. The molecule has 5 atom stereocenters. The van der Waals surface area contributed by atoms with Crippen molar-refractivity contribution in [3.8, 4) is 0 Å². The molecule has 5 rings (SSSR count). The number of thioether (sulfide) groups is 1. The van der Waals surface area contributed by atoms with E-state index in [0.29, 0.717) is 39.0 Å². The van der Waals surface area contributed by atoms with E-state index >= 15 is 0 Å². The number of likely N-dealkylation sites (tertiary alicyclic amines) is 1. The van der Waals surface area contributed by atoms with E-state index < -0.39 is 27.4 Å². The third-order valence-corrected chi connectivity index (χ3v) is 10.1. The molecular formula is C29H36N2O5S. The number of aliphatic hydroxyl groups excluding tert-OH is 1. The number of benzene rings is 1. The summed E-state index contributed by atoms with van der Waals surface area (Å²) in [6, 6.07) is 5.26. The number of cyclic esters (lactones) is 1. The molecule has 8 heteroatoms. The fourth-order valence-corrected chi connectivity index (χ4v) is 8.88. The molecule has 4 aliphatic rings. The summed E-state index contributed by atoms with van der Waals surface area (Å²) in [5.41, 5.74) is 2.89. The zero-order valence-electron chi connectivity index (χ0n) is 21.8. The second kappa shape index (κ2) is 9.95. The van der Waals surface area contributed by atoms with E-state index in [2.05, 4.69) is 6.08 Å². The smallest absolute Gasteiger partial charge is 0.311 e. The summed E-state index contributed by atoms with van der Waals surface area (Å²) in [5.74, 6) is -1.97. The summed E-state index contributed by atoms with van der Waals surface area (Å²) in [7, 11) is 0. The molecule has 0 bridgehead atoms. The number of rotatable bonds is 6. The third-order valence-electron chi connectivity index (χ3n) is 8.29. The van der Waals surface area contributed by atoms with Crippen LogP contribution >= 0.6 is 11.8 Å². The van der Waals surface area contributed by atoms with Crippen LogP contribution < -0.4 is 4.90 Å². The summed E-state index contributed by atoms with van der Waals surface area (Å²) in [6.45, 7) is 7.22. The number of esters is 1. The first kappa shape index (κ1) is 26.0. The molecule has 37 heavy (non-hydrogen) atoms. The van der Waals surface area contributed by atoms with Gasteiger partial charge in [-0.25, -0.2) is 0 Å². The van der Waals surface area contributed by atoms with Crippen LogP contribution in [0.15, 0.2) is 42.5 Å². The van der Waals surface area contributed by atoms with Gasteiger partial charge in [0.05, 0.1) is 23.2 Å². The van der Waals surface area contributed by atoms with E-state index in [1.54, 1.807) is 16.7 Å². The fourth-order valence-electron chi connectivity index (χ4n) is 6.73. The predicted octanol–water partition coefficient (Wildman–Crippen LogP) is 3.56. The van der Waals surface area contributed by atoms with Gasteiger partial charge in [-0.1, -0.05) is 42.5 Å². The maximum Gasteiger partial charge on any atom is 0.311 e. The molecule has 198 valence electrons. The maximum absolute atomic E-state index is 14.5. The van der Waals surface area contributed by atoms with Crippen molar-refractivity contribution in [2.24, 2.45) is 11.8 Å². The summed E-state index contributed by atoms with van der Waals surface area (Å²) < 4.78 is 4.07. The average molecular weight is 525 g/mol. The number of para-hydroxylation sites is 1. The molecule has 0 aromatic heterocycles. The number of hydrogen-bond acceptors (Lipinski definition) is 6. The van der Waals surface area contributed by atoms with Crippen molar-refractivity contribution in [1.82, 2.24) is 4.90 Å². The summed E-state index contributed by atoms with van der Waals surface area (Å²) in [6.07, 6.45) is 10.9. The molecule has 2 saturated heterocycles. The molecule has 0 radical (unpaired) electrons. The van der Waals surface area contributed by atoms with Crippen LogP contribution in [-0.2, 0) is 19.1 Å². The topological polar surface area (TPSA) is 87.2 Å². The van der Waals surface area contributed by atoms with Crippen LogP contribution in [0.3, 0.4) is 0 Å². The van der Waals surface area contributed by atoms with Gasteiger partial charge >= 0.3 is 5.97 Å². The van der Waals surface area contributed by atoms with E-state index in [-0.39, 0.29) is 24.4 Å². The van der Waals surface area contributed by atoms with Crippen molar-refractivity contribution in [2.75, 3.05) is 31.2 Å². The van der Waals surface area contributed by atoms with Crippen LogP contribution in [-0.4, -0.2) is 69.6 Å². The van der Waals surface area contributed by atoms with E-state index in [1.165, 1.54) is 0 Å². The fraction of sp³-hybridized carbons (Fsp3) is 0.552. The van der Waals surface area contributed by atoms with Gasteiger partial charge in [-0.15, -0.1) is 11.8 Å². The van der Waals surface area contributed by atoms with Crippen LogP contribution in [0.2, 0.25) is 0 Å². The van der Waals surface area contributed by atoms with Gasteiger partial charge in [-0.3, -0.25) is 14.4 Å². The number of nitrogens with zero attached hydrogens (tertiary/aromatic N) is 2. The van der Waals surface area contributed by atoms with Gasteiger partial charge in [0.25, 0.3) is 5.91 Å². The standard InChI is InChI=1S/C29H36N2O5S/c1-19-11-9-12-20(2)23(19)30-16-10-14-29-21(22-27(35)36-18-8-5-13-28(22,3)37-29)25(33)31(24(29)26(30)34)15-6-4-7-17-32/h5,9-14,21-22,24,32H,4,6-8,15-18H2,1-3H3/t21-,22+,24?,28-,29-/m0/s1. The highest BCUT2D eigenvalue weighted by molar-refractivity contribution is 8.02. The number of carbonyl (C=O) groups excluding carboxylic acids is 3. The number of fused-ring (bicyclic) bond motifs is 2. The normalized spacial score (nSPS) is 33.0. The van der Waals surface area contributed by atoms with Gasteiger partial charge in [-0.05, 0) is 57.6 Å². The zero-order chi connectivity index (χ0) is 26.4. The molecule has 1 aromatic carbocycles. The molecule has 0 aliphatic carbocycles. The monoisotopic (exact) mass is 524 g/mol. The summed E-state index contributed by atoms with van der Waals surface area (Å²) >= 11 is 1.57. The van der Waals surface area contributed by atoms with E-state index in [0.717, 1.165) is 23.2 Å². The Bertz CT molecular complexity index is 1140. The lowest BCUT2D eigenvalue weighted by Crippen LogP contribution is -2.53. The van der Waals surface area contributed by atoms with E-state index in [9.17, 15) is 19.5 Å². The van der Waals surface area contributed by atoms with Crippen molar-refractivity contribution in [3.05, 3.63) is 53.6 Å². The summed E-state index contributed by atoms with van der Waals surface area (Å²) in [5, 5.41) is 9.24. The Balaban J connectivity index is 1.62. The van der Waals surface area contributed by atoms with Crippen LogP contribution in [0.4, 0.5) is 5.69 Å². The minimum atomic E-state index is -0.871. The lowest BCUT2D eigenvalue weighted by Gasteiger charge is -2.37. The van der Waals surface area contributed by atoms with Crippen molar-refractivity contribution in [1.29, 1.82) is 0 Å². The average Bonchev–Trinajstić information content (AvgIpc) is 3.16. The number of unbranched alkanes of at least 4 members (excludes halogenated alkanes) is 2. The highest BCUT2D eigenvalue weighted by Gasteiger charge is 2.73. The van der Waals surface area contributed by atoms with Gasteiger partial charge in [0, 0.05) is 30.1 Å². The molecule has 1 aromatic rings. The Morgan fingerprint density at radius 1 is 1.03 bits per heavy atom. The van der Waals surface area contributed by atoms with E-state index in [1.807, 2.05) is 62.1 Å². The first-order chi connectivity index (χ1) is 17.7. The lowest BCUT2D eigenvalue weighted by atomic mass is 9.74. The Morgan fingerprint density at radius 2 is 1.78 bits per heavy atom. The first-order valence-corrected chi connectivity index (χ1v) is 14.1. The van der Waals surface area contributed by atoms with Crippen LogP contribution in [0.1, 0.15) is 43.7 Å². The predicted molar refractivity (Wildman–Crippen MR) is 144 cm³/mol. The number of anilines is 1. The number of aryl methyl sites for hydroxylation is 2. The van der Waals surface area contributed by atoms with Crippen LogP contribution in [0.25, 0.3) is 0 Å². The number of amides is 2. The highest BCUT2D eigenvalue weighted by atomic mass is 32.2. The molecule has 7 nitrogen and oxygen atoms in total. The van der Waals surface area contributed by atoms with Crippen LogP contribution in [0, 0.1) is 25.7 Å². The van der Waals surface area contributed by atoms with Crippen molar-refractivity contribution in [2.45, 2.75) is 62.0 Å². The molecule has 0 saturated carbocycles. The lowest BCUT2D eigenvalue weighted by molar-refractivity contribution is -0.154. The number of aliphatic hydroxyl groups is 1. The Labute approximate surface area is 222 Å². The van der Waals surface area contributed by atoms with Crippen molar-refractivity contribution < 1.29 is 24.2 Å². The first-order valence-electron chi connectivity index (χ1n) is 13.3. The summed E-state index contributed by atoms with van der Waals surface area (Å²) in [4.78, 5) is 45.7. The molecular weight excluding hydrogens is 488 g/mol. The third kappa shape index (κ3) is 4.13. The molecule has 1 spiro atoms. The largest absolute Gasteiger partial charge is 0.465 e. The molecule has 4 aliphatic heterocycles. The van der Waals surface area contributed by atoms with Gasteiger partial charge < -0.3 is 19.6 Å². The molecule has 4 heterocycles. The van der Waals surface area contributed by atoms with Gasteiger partial charge in [0.1, 0.15) is 6.04 Å². The van der Waals surface area contributed by atoms with Gasteiger partial charge in [0.15, 0.2) is 0 Å². The Kier molecular flexibility index (Phi) is 7.00. The van der Waals surface area contributed by atoms with Gasteiger partial charge in [-0.2, -0.15) is 0 Å². The minimum absolute atomic E-state index is 0.0976. The van der Waals surface area contributed by atoms with Gasteiger partial charge in [0.2, 0.25) is 5.91 Å². The quantitative estimate of drug-likeness (QED) is 0.348. The molecule has 2 amide bonds. The molecule has 1 N–H and O–H groups in total. The second-order valence-corrected chi connectivity index (χ2v) is 12.6. The molecule has 1 unspecified atom stereocenters. The van der Waals surface area contributed by atoms with Crippen molar-refractivity contribution in [3.63, 3.8) is 0 Å². The molecule has 2 fully saturated rings. The maximum atomic E-state index is 14.5. The van der Waals surface area contributed by atoms with Crippen LogP contribution in [0.5, 0.6) is 0 Å². The number of hydrogen-bond donors (Lipinski definition) is 1. The number of carbonyl (C=O) groups is 3. The number of ether oxygens (including phenoxy) is 1.